The van der Waals surface area contributed by atoms with Crippen molar-refractivity contribution < 1.29 is 4.79 Å². The first-order valence-corrected chi connectivity index (χ1v) is 8.31. The molecule has 1 N–H and O–H groups in total. The molecule has 0 spiro atoms. The summed E-state index contributed by atoms with van der Waals surface area (Å²) in [7, 11) is 0. The fraction of sp³-hybridized carbons (Fsp3) is 0.733. The van der Waals surface area contributed by atoms with E-state index in [1.807, 2.05) is 6.92 Å². The standard InChI is InChI=1S/C15H22BrN3O/c1-9(13-6-11-3-4-12(13)5-11)18-15(20)8-19-10(2)14(16)7-17-19/h7,9,11-13H,3-6,8H2,1-2H3,(H,18,20)/t9-,11-,12-,13-/m1/s1. The van der Waals surface area contributed by atoms with Gasteiger partial charge in [0.05, 0.1) is 16.4 Å². The second-order valence-electron chi connectivity index (χ2n) is 6.43. The number of rotatable bonds is 4. The lowest BCUT2D eigenvalue weighted by Crippen LogP contribution is -2.41. The third-order valence-electron chi connectivity index (χ3n) is 5.16. The molecule has 0 radical (unpaired) electrons. The lowest BCUT2D eigenvalue weighted by Gasteiger charge is -2.28. The van der Waals surface area contributed by atoms with E-state index in [0.29, 0.717) is 12.5 Å². The maximum atomic E-state index is 12.2. The third kappa shape index (κ3) is 2.65. The second-order valence-corrected chi connectivity index (χ2v) is 7.28. The van der Waals surface area contributed by atoms with E-state index < -0.39 is 0 Å². The van der Waals surface area contributed by atoms with Crippen molar-refractivity contribution in [3.63, 3.8) is 0 Å². The smallest absolute Gasteiger partial charge is 0.241 e. The molecule has 4 atom stereocenters. The quantitative estimate of drug-likeness (QED) is 0.916. The third-order valence-corrected chi connectivity index (χ3v) is 5.94. The van der Waals surface area contributed by atoms with E-state index in [4.69, 9.17) is 0 Å². The lowest BCUT2D eigenvalue weighted by molar-refractivity contribution is -0.123. The van der Waals surface area contributed by atoms with Crippen LogP contribution in [-0.4, -0.2) is 21.7 Å². The number of nitrogens with zero attached hydrogens (tertiary/aromatic N) is 2. The Balaban J connectivity index is 1.55. The Morgan fingerprint density at radius 2 is 2.35 bits per heavy atom. The van der Waals surface area contributed by atoms with E-state index in [-0.39, 0.29) is 11.9 Å². The number of aromatic nitrogens is 2. The minimum Gasteiger partial charge on any atom is -0.352 e. The SMILES string of the molecule is Cc1c(Br)cnn1CC(=O)N[C@H](C)[C@H]1C[C@@H]2CC[C@@H]1C2. The fourth-order valence-corrected chi connectivity index (χ4v) is 4.33. The molecule has 0 unspecified atom stereocenters. The summed E-state index contributed by atoms with van der Waals surface area (Å²) in [5.74, 6) is 2.52. The molecule has 0 aromatic carbocycles. The van der Waals surface area contributed by atoms with Gasteiger partial charge in [-0.2, -0.15) is 5.10 Å². The molecule has 1 aromatic heterocycles. The molecule has 5 heteroatoms. The van der Waals surface area contributed by atoms with E-state index in [1.165, 1.54) is 25.7 Å². The average Bonchev–Trinajstić information content (AvgIpc) is 3.10. The van der Waals surface area contributed by atoms with Gasteiger partial charge in [-0.3, -0.25) is 9.48 Å². The highest BCUT2D eigenvalue weighted by atomic mass is 79.9. The number of amides is 1. The van der Waals surface area contributed by atoms with Crippen LogP contribution in [0.4, 0.5) is 0 Å². The zero-order valence-corrected chi connectivity index (χ0v) is 13.7. The normalized spacial score (nSPS) is 29.6. The van der Waals surface area contributed by atoms with Gasteiger partial charge in [-0.1, -0.05) is 6.42 Å². The number of halogens is 1. The van der Waals surface area contributed by atoms with Gasteiger partial charge in [-0.25, -0.2) is 0 Å². The first-order valence-electron chi connectivity index (χ1n) is 7.52. The summed E-state index contributed by atoms with van der Waals surface area (Å²) in [4.78, 5) is 12.2. The Kier molecular flexibility index (Phi) is 3.89. The highest BCUT2D eigenvalue weighted by molar-refractivity contribution is 9.10. The molecule has 0 aliphatic heterocycles. The Morgan fingerprint density at radius 1 is 1.55 bits per heavy atom. The maximum Gasteiger partial charge on any atom is 0.241 e. The van der Waals surface area contributed by atoms with Crippen LogP contribution < -0.4 is 5.32 Å². The zero-order chi connectivity index (χ0) is 14.3. The van der Waals surface area contributed by atoms with Crippen molar-refractivity contribution in [1.82, 2.24) is 15.1 Å². The molecule has 4 nitrogen and oxygen atoms in total. The summed E-state index contributed by atoms with van der Waals surface area (Å²) in [6, 6.07) is 0.289. The summed E-state index contributed by atoms with van der Waals surface area (Å²) in [5, 5.41) is 7.38. The van der Waals surface area contributed by atoms with Gasteiger partial charge < -0.3 is 5.32 Å². The Labute approximate surface area is 128 Å². The van der Waals surface area contributed by atoms with Gasteiger partial charge in [0.25, 0.3) is 0 Å². The highest BCUT2D eigenvalue weighted by Crippen LogP contribution is 2.49. The topological polar surface area (TPSA) is 46.9 Å². The molecule has 2 bridgehead atoms. The van der Waals surface area contributed by atoms with Gasteiger partial charge >= 0.3 is 0 Å². The molecule has 2 aliphatic rings. The predicted octanol–water partition coefficient (Wildman–Crippen LogP) is 2.89. The minimum absolute atomic E-state index is 0.0685. The predicted molar refractivity (Wildman–Crippen MR) is 81.2 cm³/mol. The van der Waals surface area contributed by atoms with Gasteiger partial charge in [-0.05, 0) is 66.8 Å². The molecule has 3 rings (SSSR count). The van der Waals surface area contributed by atoms with E-state index in [1.54, 1.807) is 10.9 Å². The molecule has 2 fully saturated rings. The monoisotopic (exact) mass is 339 g/mol. The maximum absolute atomic E-state index is 12.2. The van der Waals surface area contributed by atoms with Gasteiger partial charge in [0.2, 0.25) is 5.91 Å². The van der Waals surface area contributed by atoms with E-state index in [0.717, 1.165) is 22.0 Å². The van der Waals surface area contributed by atoms with Crippen LogP contribution in [0.1, 0.15) is 38.3 Å². The molecular weight excluding hydrogens is 318 g/mol. The molecule has 2 saturated carbocycles. The van der Waals surface area contributed by atoms with Crippen molar-refractivity contribution in [3.05, 3.63) is 16.4 Å². The molecule has 1 heterocycles. The number of hydrogen-bond acceptors (Lipinski definition) is 2. The fourth-order valence-electron chi connectivity index (χ4n) is 4.03. The van der Waals surface area contributed by atoms with Gasteiger partial charge in [-0.15, -0.1) is 0 Å². The Morgan fingerprint density at radius 3 is 2.90 bits per heavy atom. The summed E-state index contributed by atoms with van der Waals surface area (Å²) in [6.07, 6.45) is 7.19. The summed E-state index contributed by atoms with van der Waals surface area (Å²) >= 11 is 3.42. The second kappa shape index (κ2) is 5.51. The van der Waals surface area contributed by atoms with Crippen LogP contribution in [0.15, 0.2) is 10.7 Å². The van der Waals surface area contributed by atoms with Crippen LogP contribution >= 0.6 is 15.9 Å². The minimum atomic E-state index is 0.0685. The van der Waals surface area contributed by atoms with Gasteiger partial charge in [0.1, 0.15) is 6.54 Å². The van der Waals surface area contributed by atoms with Gasteiger partial charge in [0.15, 0.2) is 0 Å². The van der Waals surface area contributed by atoms with E-state index in [9.17, 15) is 4.79 Å². The van der Waals surface area contributed by atoms with Crippen molar-refractivity contribution in [2.75, 3.05) is 0 Å². The van der Waals surface area contributed by atoms with Crippen molar-refractivity contribution in [3.8, 4) is 0 Å². The molecule has 20 heavy (non-hydrogen) atoms. The van der Waals surface area contributed by atoms with Crippen molar-refractivity contribution in [2.24, 2.45) is 17.8 Å². The largest absolute Gasteiger partial charge is 0.352 e. The van der Waals surface area contributed by atoms with Crippen LogP contribution in [0.25, 0.3) is 0 Å². The highest BCUT2D eigenvalue weighted by Gasteiger charge is 2.42. The number of fused-ring (bicyclic) bond motifs is 2. The van der Waals surface area contributed by atoms with E-state index >= 15 is 0 Å². The zero-order valence-electron chi connectivity index (χ0n) is 12.1. The molecule has 1 amide bonds. The molecular formula is C15H22BrN3O. The molecule has 2 aliphatic carbocycles. The molecule has 110 valence electrons. The first-order chi connectivity index (χ1) is 9.54. The van der Waals surface area contributed by atoms with Crippen LogP contribution in [0.5, 0.6) is 0 Å². The molecule has 1 aromatic rings. The van der Waals surface area contributed by atoms with Crippen molar-refractivity contribution in [2.45, 2.75) is 52.1 Å². The molecule has 0 saturated heterocycles. The first kappa shape index (κ1) is 14.1. The Bertz CT molecular complexity index is 513. The van der Waals surface area contributed by atoms with Crippen molar-refractivity contribution >= 4 is 21.8 Å². The van der Waals surface area contributed by atoms with Gasteiger partial charge in [0, 0.05) is 6.04 Å². The number of hydrogen-bond donors (Lipinski definition) is 1. The number of carbonyl (C=O) groups excluding carboxylic acids is 1. The Hall–Kier alpha value is -0.840. The summed E-state index contributed by atoms with van der Waals surface area (Å²) < 4.78 is 2.69. The van der Waals surface area contributed by atoms with Crippen LogP contribution in [0, 0.1) is 24.7 Å². The van der Waals surface area contributed by atoms with E-state index in [2.05, 4.69) is 33.3 Å². The van der Waals surface area contributed by atoms with Crippen molar-refractivity contribution in [1.29, 1.82) is 0 Å². The summed E-state index contributed by atoms with van der Waals surface area (Å²) in [5.41, 5.74) is 0.993. The van der Waals surface area contributed by atoms with Crippen LogP contribution in [-0.2, 0) is 11.3 Å². The number of carbonyl (C=O) groups is 1. The lowest BCUT2D eigenvalue weighted by atomic mass is 9.84. The van der Waals surface area contributed by atoms with Crippen LogP contribution in [0.3, 0.4) is 0 Å². The number of nitrogens with one attached hydrogen (secondary N) is 1. The average molecular weight is 340 g/mol. The summed E-state index contributed by atoms with van der Waals surface area (Å²) in [6.45, 7) is 4.43. The van der Waals surface area contributed by atoms with Crippen LogP contribution in [0.2, 0.25) is 0 Å².